The third-order valence-corrected chi connectivity index (χ3v) is 3.55. The molecular weight excluding hydrogens is 278 g/mol. The molecule has 7 nitrogen and oxygen atoms in total. The Morgan fingerprint density at radius 3 is 2.95 bits per heavy atom. The Labute approximate surface area is 120 Å². The van der Waals surface area contributed by atoms with Crippen LogP contribution in [-0.2, 0) is 11.3 Å². The number of thiophene rings is 1. The predicted octanol–water partition coefficient (Wildman–Crippen LogP) is 0.535. The number of carbonyl (C=O) groups excluding carboxylic acids is 1. The Kier molecular flexibility index (Phi) is 4.80. The van der Waals surface area contributed by atoms with E-state index < -0.39 is 0 Å². The number of rotatable bonds is 6. The predicted molar refractivity (Wildman–Crippen MR) is 75.0 cm³/mol. The number of nitrogens with zero attached hydrogens (tertiary/aromatic N) is 4. The van der Waals surface area contributed by atoms with Gasteiger partial charge in [0.25, 0.3) is 0 Å². The number of hydrogen-bond acceptors (Lipinski definition) is 6. The summed E-state index contributed by atoms with van der Waals surface area (Å²) in [5.41, 5.74) is 0.886. The van der Waals surface area contributed by atoms with Gasteiger partial charge in [0.2, 0.25) is 11.7 Å². The van der Waals surface area contributed by atoms with Crippen LogP contribution in [0.4, 0.5) is 0 Å². The summed E-state index contributed by atoms with van der Waals surface area (Å²) in [6, 6.07) is 1.63. The Morgan fingerprint density at radius 2 is 2.35 bits per heavy atom. The largest absolute Gasteiger partial charge is 0.394 e. The molecule has 0 spiro atoms. The second-order valence-corrected chi connectivity index (χ2v) is 5.54. The Morgan fingerprint density at radius 1 is 1.55 bits per heavy atom. The summed E-state index contributed by atoms with van der Waals surface area (Å²) in [5, 5.41) is 27.7. The summed E-state index contributed by atoms with van der Waals surface area (Å²) in [7, 11) is 0. The van der Waals surface area contributed by atoms with E-state index in [-0.39, 0.29) is 31.0 Å². The van der Waals surface area contributed by atoms with Crippen LogP contribution >= 0.6 is 11.3 Å². The third-order valence-electron chi connectivity index (χ3n) is 2.87. The molecule has 0 bridgehead atoms. The number of aliphatic hydroxyl groups is 1. The van der Waals surface area contributed by atoms with Gasteiger partial charge in [-0.25, -0.2) is 0 Å². The van der Waals surface area contributed by atoms with E-state index in [0.717, 1.165) is 5.56 Å². The molecule has 1 atom stereocenters. The standard InChI is InChI=1S/C12H17N5O2S/c1-8(2)10(6-18)13-11(19)5-17-15-12(14-16-17)9-3-4-20-7-9/h3-4,7-8,10,18H,5-6H2,1-2H3,(H,13,19). The third kappa shape index (κ3) is 3.61. The molecule has 2 aromatic heterocycles. The van der Waals surface area contributed by atoms with Gasteiger partial charge < -0.3 is 10.4 Å². The van der Waals surface area contributed by atoms with E-state index in [2.05, 4.69) is 20.7 Å². The lowest BCUT2D eigenvalue weighted by atomic mass is 10.1. The molecule has 0 aromatic carbocycles. The van der Waals surface area contributed by atoms with E-state index in [1.54, 1.807) is 11.3 Å². The van der Waals surface area contributed by atoms with Crippen LogP contribution < -0.4 is 5.32 Å². The van der Waals surface area contributed by atoms with Crippen LogP contribution in [0.25, 0.3) is 11.4 Å². The zero-order valence-electron chi connectivity index (χ0n) is 11.4. The number of amides is 1. The molecule has 2 heterocycles. The first kappa shape index (κ1) is 14.6. The van der Waals surface area contributed by atoms with Gasteiger partial charge in [-0.2, -0.15) is 16.1 Å². The molecule has 1 amide bonds. The maximum Gasteiger partial charge on any atom is 0.243 e. The fraction of sp³-hybridized carbons (Fsp3) is 0.500. The van der Waals surface area contributed by atoms with Crippen molar-refractivity contribution in [2.45, 2.75) is 26.4 Å². The number of nitrogens with one attached hydrogen (secondary N) is 1. The molecule has 0 radical (unpaired) electrons. The van der Waals surface area contributed by atoms with Crippen LogP contribution in [0.1, 0.15) is 13.8 Å². The summed E-state index contributed by atoms with van der Waals surface area (Å²) in [6.45, 7) is 3.77. The van der Waals surface area contributed by atoms with E-state index in [4.69, 9.17) is 0 Å². The molecule has 2 aromatic rings. The van der Waals surface area contributed by atoms with E-state index in [1.165, 1.54) is 4.80 Å². The van der Waals surface area contributed by atoms with Crippen LogP contribution in [0.15, 0.2) is 16.8 Å². The quantitative estimate of drug-likeness (QED) is 0.811. The van der Waals surface area contributed by atoms with Crippen LogP contribution in [0, 0.1) is 5.92 Å². The second-order valence-electron chi connectivity index (χ2n) is 4.76. The Hall–Kier alpha value is -1.80. The van der Waals surface area contributed by atoms with Crippen molar-refractivity contribution in [1.29, 1.82) is 0 Å². The van der Waals surface area contributed by atoms with E-state index in [1.807, 2.05) is 30.7 Å². The summed E-state index contributed by atoms with van der Waals surface area (Å²) in [5.74, 6) is 0.419. The molecule has 0 aliphatic heterocycles. The summed E-state index contributed by atoms with van der Waals surface area (Å²) >= 11 is 1.55. The molecule has 0 aliphatic rings. The molecule has 1 unspecified atom stereocenters. The normalized spacial score (nSPS) is 12.6. The van der Waals surface area contributed by atoms with Gasteiger partial charge in [-0.3, -0.25) is 4.79 Å². The average molecular weight is 295 g/mol. The van der Waals surface area contributed by atoms with Gasteiger partial charge >= 0.3 is 0 Å². The average Bonchev–Trinajstić information content (AvgIpc) is 3.05. The zero-order chi connectivity index (χ0) is 14.5. The first-order chi connectivity index (χ1) is 9.60. The highest BCUT2D eigenvalue weighted by molar-refractivity contribution is 7.08. The highest BCUT2D eigenvalue weighted by Gasteiger charge is 2.16. The van der Waals surface area contributed by atoms with Gasteiger partial charge in [-0.05, 0) is 22.6 Å². The zero-order valence-corrected chi connectivity index (χ0v) is 12.2. The lowest BCUT2D eigenvalue weighted by Gasteiger charge is -2.19. The van der Waals surface area contributed by atoms with Crippen molar-refractivity contribution in [3.63, 3.8) is 0 Å². The Bertz CT molecular complexity index is 552. The summed E-state index contributed by atoms with van der Waals surface area (Å²) in [4.78, 5) is 13.1. The molecule has 0 aliphatic carbocycles. The van der Waals surface area contributed by atoms with Crippen LogP contribution in [0.5, 0.6) is 0 Å². The lowest BCUT2D eigenvalue weighted by Crippen LogP contribution is -2.42. The fourth-order valence-corrected chi connectivity index (χ4v) is 2.26. The molecular formula is C12H17N5O2S. The van der Waals surface area contributed by atoms with Crippen LogP contribution in [-0.4, -0.2) is 43.9 Å². The molecule has 0 saturated heterocycles. The Balaban J connectivity index is 1.95. The lowest BCUT2D eigenvalue weighted by molar-refractivity contribution is -0.123. The summed E-state index contributed by atoms with van der Waals surface area (Å²) < 4.78 is 0. The van der Waals surface area contributed by atoms with Crippen molar-refractivity contribution in [1.82, 2.24) is 25.5 Å². The maximum absolute atomic E-state index is 11.8. The van der Waals surface area contributed by atoms with Gasteiger partial charge in [-0.15, -0.1) is 10.2 Å². The number of hydrogen-bond donors (Lipinski definition) is 2. The SMILES string of the molecule is CC(C)C(CO)NC(=O)Cn1nnc(-c2ccsc2)n1. The highest BCUT2D eigenvalue weighted by atomic mass is 32.1. The first-order valence-corrected chi connectivity index (χ1v) is 7.25. The molecule has 108 valence electrons. The maximum atomic E-state index is 11.8. The molecule has 0 fully saturated rings. The monoisotopic (exact) mass is 295 g/mol. The molecule has 2 N–H and O–H groups in total. The number of aliphatic hydroxyl groups excluding tert-OH is 1. The second kappa shape index (κ2) is 6.58. The first-order valence-electron chi connectivity index (χ1n) is 6.30. The van der Waals surface area contributed by atoms with Gasteiger partial charge in [-0.1, -0.05) is 13.8 Å². The molecule has 2 rings (SSSR count). The van der Waals surface area contributed by atoms with E-state index in [9.17, 15) is 9.90 Å². The highest BCUT2D eigenvalue weighted by Crippen LogP contribution is 2.16. The van der Waals surface area contributed by atoms with Crippen molar-refractivity contribution >= 4 is 17.2 Å². The van der Waals surface area contributed by atoms with E-state index >= 15 is 0 Å². The number of carbonyl (C=O) groups is 1. The topological polar surface area (TPSA) is 92.9 Å². The number of tetrazole rings is 1. The van der Waals surface area contributed by atoms with Crippen molar-refractivity contribution < 1.29 is 9.90 Å². The number of aromatic nitrogens is 4. The fourth-order valence-electron chi connectivity index (χ4n) is 1.62. The van der Waals surface area contributed by atoms with Gasteiger partial charge in [0.15, 0.2) is 0 Å². The van der Waals surface area contributed by atoms with Crippen molar-refractivity contribution in [3.8, 4) is 11.4 Å². The van der Waals surface area contributed by atoms with E-state index in [0.29, 0.717) is 5.82 Å². The van der Waals surface area contributed by atoms with Gasteiger partial charge in [0.1, 0.15) is 6.54 Å². The molecule has 20 heavy (non-hydrogen) atoms. The van der Waals surface area contributed by atoms with Crippen molar-refractivity contribution in [2.75, 3.05) is 6.61 Å². The minimum absolute atomic E-state index is 0.0135. The van der Waals surface area contributed by atoms with Crippen LogP contribution in [0.3, 0.4) is 0 Å². The smallest absolute Gasteiger partial charge is 0.243 e. The van der Waals surface area contributed by atoms with Crippen molar-refractivity contribution in [2.24, 2.45) is 5.92 Å². The van der Waals surface area contributed by atoms with Gasteiger partial charge in [0.05, 0.1) is 12.6 Å². The van der Waals surface area contributed by atoms with Gasteiger partial charge in [0, 0.05) is 10.9 Å². The van der Waals surface area contributed by atoms with Crippen molar-refractivity contribution in [3.05, 3.63) is 16.8 Å². The molecule has 8 heteroatoms. The minimum Gasteiger partial charge on any atom is -0.394 e. The summed E-state index contributed by atoms with van der Waals surface area (Å²) in [6.07, 6.45) is 0. The minimum atomic E-state index is -0.262. The molecule has 0 saturated carbocycles. The van der Waals surface area contributed by atoms with Crippen LogP contribution in [0.2, 0.25) is 0 Å².